The molecule has 2 heteroatoms. The number of hydrogen-bond acceptors (Lipinski definition) is 2. The topological polar surface area (TPSA) is 33.0 Å². The average molecular weight is 184 g/mol. The fourth-order valence-corrected chi connectivity index (χ4v) is 1.65. The van der Waals surface area contributed by atoms with Crippen molar-refractivity contribution in [3.8, 4) is 11.8 Å². The first-order valence-electron chi connectivity index (χ1n) is 4.49. The molecule has 1 aliphatic carbocycles. The van der Waals surface area contributed by atoms with Gasteiger partial charge in [0, 0.05) is 0 Å². The summed E-state index contributed by atoms with van der Waals surface area (Å²) in [7, 11) is 1.65. The van der Waals surface area contributed by atoms with E-state index < -0.39 is 0 Å². The summed E-state index contributed by atoms with van der Waals surface area (Å²) < 4.78 is 5.13. The highest BCUT2D eigenvalue weighted by molar-refractivity contribution is 5.44. The van der Waals surface area contributed by atoms with E-state index in [1.54, 1.807) is 7.11 Å². The average Bonchev–Trinajstić information content (AvgIpc) is 2.27. The minimum Gasteiger partial charge on any atom is -0.497 e. The van der Waals surface area contributed by atoms with Gasteiger partial charge in [0.15, 0.2) is 0 Å². The van der Waals surface area contributed by atoms with E-state index in [1.807, 2.05) is 24.3 Å². The SMILES string of the molecule is COc1ccc2c(c1)CC=[C]C2C#N. The van der Waals surface area contributed by atoms with Gasteiger partial charge in [0.1, 0.15) is 5.75 Å². The molecule has 1 aliphatic rings. The lowest BCUT2D eigenvalue weighted by molar-refractivity contribution is 0.414. The number of ether oxygens (including phenoxy) is 1. The summed E-state index contributed by atoms with van der Waals surface area (Å²) in [5.41, 5.74) is 2.21. The Morgan fingerprint density at radius 2 is 2.43 bits per heavy atom. The molecule has 1 unspecified atom stereocenters. The number of methoxy groups -OCH3 is 1. The summed E-state index contributed by atoms with van der Waals surface area (Å²) in [4.78, 5) is 0. The van der Waals surface area contributed by atoms with Gasteiger partial charge in [0.25, 0.3) is 0 Å². The molecule has 0 heterocycles. The zero-order chi connectivity index (χ0) is 9.97. The van der Waals surface area contributed by atoms with Gasteiger partial charge >= 0.3 is 0 Å². The lowest BCUT2D eigenvalue weighted by atomic mass is 9.89. The van der Waals surface area contributed by atoms with E-state index >= 15 is 0 Å². The molecule has 0 saturated carbocycles. The third-order valence-electron chi connectivity index (χ3n) is 2.40. The highest BCUT2D eigenvalue weighted by Crippen LogP contribution is 2.28. The normalized spacial score (nSPS) is 18.4. The molecule has 0 saturated heterocycles. The molecular formula is C12H10NO. The molecule has 0 aliphatic heterocycles. The van der Waals surface area contributed by atoms with Crippen molar-refractivity contribution in [2.75, 3.05) is 7.11 Å². The van der Waals surface area contributed by atoms with Crippen molar-refractivity contribution >= 4 is 0 Å². The number of benzene rings is 1. The van der Waals surface area contributed by atoms with Crippen molar-refractivity contribution in [3.05, 3.63) is 41.5 Å². The number of fused-ring (bicyclic) bond motifs is 1. The smallest absolute Gasteiger partial charge is 0.119 e. The predicted octanol–water partition coefficient (Wildman–Crippen LogP) is 2.22. The van der Waals surface area contributed by atoms with Crippen molar-refractivity contribution < 1.29 is 4.74 Å². The fourth-order valence-electron chi connectivity index (χ4n) is 1.65. The fraction of sp³-hybridized carbons (Fsp3) is 0.250. The summed E-state index contributed by atoms with van der Waals surface area (Å²) in [6, 6.07) is 8.03. The van der Waals surface area contributed by atoms with Crippen LogP contribution in [-0.4, -0.2) is 7.11 Å². The number of rotatable bonds is 1. The van der Waals surface area contributed by atoms with Crippen molar-refractivity contribution in [1.82, 2.24) is 0 Å². The van der Waals surface area contributed by atoms with E-state index in [2.05, 4.69) is 12.1 Å². The second kappa shape index (κ2) is 3.55. The quantitative estimate of drug-likeness (QED) is 0.670. The predicted molar refractivity (Wildman–Crippen MR) is 52.9 cm³/mol. The van der Waals surface area contributed by atoms with Crippen LogP contribution in [0.3, 0.4) is 0 Å². The molecule has 0 fully saturated rings. The van der Waals surface area contributed by atoms with Gasteiger partial charge in [0.2, 0.25) is 0 Å². The zero-order valence-electron chi connectivity index (χ0n) is 7.95. The second-order valence-corrected chi connectivity index (χ2v) is 3.20. The Bertz CT molecular complexity index is 415. The molecular weight excluding hydrogens is 174 g/mol. The molecule has 0 N–H and O–H groups in total. The van der Waals surface area contributed by atoms with Gasteiger partial charge < -0.3 is 4.74 Å². The van der Waals surface area contributed by atoms with Gasteiger partial charge in [-0.15, -0.1) is 0 Å². The van der Waals surface area contributed by atoms with Gasteiger partial charge in [-0.25, -0.2) is 0 Å². The highest BCUT2D eigenvalue weighted by Gasteiger charge is 2.15. The maximum absolute atomic E-state index is 8.90. The van der Waals surface area contributed by atoms with Gasteiger partial charge in [-0.05, 0) is 35.8 Å². The number of nitrogens with zero attached hydrogens (tertiary/aromatic N) is 1. The van der Waals surface area contributed by atoms with Crippen LogP contribution in [0.1, 0.15) is 17.0 Å². The van der Waals surface area contributed by atoms with Gasteiger partial charge in [-0.2, -0.15) is 5.26 Å². The van der Waals surface area contributed by atoms with Crippen LogP contribution < -0.4 is 4.74 Å². The third-order valence-corrected chi connectivity index (χ3v) is 2.40. The first-order chi connectivity index (χ1) is 6.85. The van der Waals surface area contributed by atoms with Crippen LogP contribution in [0, 0.1) is 17.4 Å². The largest absolute Gasteiger partial charge is 0.497 e. The van der Waals surface area contributed by atoms with Crippen LogP contribution in [0.2, 0.25) is 0 Å². The summed E-state index contributed by atoms with van der Waals surface area (Å²) in [6.45, 7) is 0. The molecule has 0 amide bonds. The Morgan fingerprint density at radius 3 is 3.14 bits per heavy atom. The van der Waals surface area contributed by atoms with Crippen LogP contribution in [0.15, 0.2) is 24.3 Å². The van der Waals surface area contributed by atoms with E-state index in [0.29, 0.717) is 0 Å². The Labute approximate surface area is 83.4 Å². The first kappa shape index (κ1) is 8.83. The second-order valence-electron chi connectivity index (χ2n) is 3.20. The van der Waals surface area contributed by atoms with Crippen molar-refractivity contribution in [2.45, 2.75) is 12.3 Å². The van der Waals surface area contributed by atoms with Crippen molar-refractivity contribution in [1.29, 1.82) is 5.26 Å². The van der Waals surface area contributed by atoms with E-state index in [-0.39, 0.29) is 5.92 Å². The van der Waals surface area contributed by atoms with E-state index in [1.165, 1.54) is 0 Å². The number of nitriles is 1. The Hall–Kier alpha value is -1.75. The van der Waals surface area contributed by atoms with Crippen molar-refractivity contribution in [3.63, 3.8) is 0 Å². The molecule has 0 spiro atoms. The van der Waals surface area contributed by atoms with E-state index in [9.17, 15) is 0 Å². The van der Waals surface area contributed by atoms with Crippen LogP contribution >= 0.6 is 0 Å². The van der Waals surface area contributed by atoms with Gasteiger partial charge in [-0.3, -0.25) is 0 Å². The molecule has 1 atom stereocenters. The standard InChI is InChI=1S/C12H10NO/c1-14-11-5-6-12-9(7-11)3-2-4-10(12)8-13/h2,5-7,10H,3H2,1H3. The molecule has 14 heavy (non-hydrogen) atoms. The third kappa shape index (κ3) is 1.38. The minimum absolute atomic E-state index is 0.218. The summed E-state index contributed by atoms with van der Waals surface area (Å²) >= 11 is 0. The summed E-state index contributed by atoms with van der Waals surface area (Å²) in [5.74, 6) is 0.625. The monoisotopic (exact) mass is 184 g/mol. The maximum atomic E-state index is 8.90. The molecule has 0 aromatic heterocycles. The van der Waals surface area contributed by atoms with Crippen LogP contribution in [-0.2, 0) is 6.42 Å². The highest BCUT2D eigenvalue weighted by atomic mass is 16.5. The number of hydrogen-bond donors (Lipinski definition) is 0. The van der Waals surface area contributed by atoms with Gasteiger partial charge in [0.05, 0.1) is 19.1 Å². The molecule has 2 nitrogen and oxygen atoms in total. The Balaban J connectivity index is 2.46. The minimum atomic E-state index is -0.218. The number of allylic oxidation sites excluding steroid dienone is 2. The van der Waals surface area contributed by atoms with E-state index in [4.69, 9.17) is 10.00 Å². The molecule has 2 rings (SSSR count). The molecule has 1 radical (unpaired) electrons. The van der Waals surface area contributed by atoms with E-state index in [0.717, 1.165) is 23.3 Å². The van der Waals surface area contributed by atoms with Crippen LogP contribution in [0.5, 0.6) is 5.75 Å². The summed E-state index contributed by atoms with van der Waals surface area (Å²) in [6.07, 6.45) is 5.79. The van der Waals surface area contributed by atoms with Crippen LogP contribution in [0.25, 0.3) is 0 Å². The van der Waals surface area contributed by atoms with Gasteiger partial charge in [-0.1, -0.05) is 12.1 Å². The Kier molecular flexibility index (Phi) is 2.24. The first-order valence-corrected chi connectivity index (χ1v) is 4.49. The van der Waals surface area contributed by atoms with Crippen molar-refractivity contribution in [2.24, 2.45) is 0 Å². The lowest BCUT2D eigenvalue weighted by Gasteiger charge is -2.15. The zero-order valence-corrected chi connectivity index (χ0v) is 7.95. The molecule has 1 aromatic carbocycles. The van der Waals surface area contributed by atoms with Crippen LogP contribution in [0.4, 0.5) is 0 Å². The Morgan fingerprint density at radius 1 is 1.57 bits per heavy atom. The molecule has 0 bridgehead atoms. The molecule has 69 valence electrons. The molecule has 1 aromatic rings. The maximum Gasteiger partial charge on any atom is 0.119 e. The lowest BCUT2D eigenvalue weighted by Crippen LogP contribution is -2.03. The summed E-state index contributed by atoms with van der Waals surface area (Å²) in [5, 5.41) is 8.90.